The molecule has 1 aromatic carbocycles. The quantitative estimate of drug-likeness (QED) is 0.312. The van der Waals surface area contributed by atoms with Gasteiger partial charge in [0, 0.05) is 0 Å². The second-order valence-electron chi connectivity index (χ2n) is 12.3. The molecule has 3 atom stereocenters. The first-order valence-corrected chi connectivity index (χ1v) is 13.6. The van der Waals surface area contributed by atoms with E-state index in [1.807, 2.05) is 0 Å². The van der Waals surface area contributed by atoms with Crippen LogP contribution in [-0.2, 0) is 12.8 Å². The van der Waals surface area contributed by atoms with Crippen molar-refractivity contribution >= 4 is 0 Å². The van der Waals surface area contributed by atoms with Gasteiger partial charge in [0.1, 0.15) is 0 Å². The third-order valence-electron chi connectivity index (χ3n) is 8.89. The van der Waals surface area contributed by atoms with Crippen LogP contribution < -0.4 is 0 Å². The summed E-state index contributed by atoms with van der Waals surface area (Å²) in [5, 5.41) is 0. The molecule has 0 nitrogen and oxygen atoms in total. The van der Waals surface area contributed by atoms with Gasteiger partial charge < -0.3 is 0 Å². The summed E-state index contributed by atoms with van der Waals surface area (Å²) in [5.74, 6) is 2.69. The maximum atomic E-state index is 2.57. The molecule has 0 aromatic heterocycles. The van der Waals surface area contributed by atoms with E-state index in [2.05, 4.69) is 62.3 Å². The SMILES string of the molecule is Cc1c(C)c(C)c2c(c1C)CCC(C)(CCCC(C)CCCC(C)CCCC(C)C)C2. The largest absolute Gasteiger partial charge is 0.0628 e. The number of benzene rings is 1. The van der Waals surface area contributed by atoms with Gasteiger partial charge in [-0.05, 0) is 110 Å². The predicted molar refractivity (Wildman–Crippen MR) is 140 cm³/mol. The Morgan fingerprint density at radius 2 is 1.13 bits per heavy atom. The Balaban J connectivity index is 1.74. The van der Waals surface area contributed by atoms with E-state index in [0.717, 1.165) is 17.8 Å². The second-order valence-corrected chi connectivity index (χ2v) is 12.3. The number of hydrogen-bond acceptors (Lipinski definition) is 0. The molecule has 178 valence electrons. The first kappa shape index (κ1) is 26.5. The second kappa shape index (κ2) is 11.9. The van der Waals surface area contributed by atoms with Crippen LogP contribution in [0.1, 0.15) is 132 Å². The molecule has 3 unspecified atom stereocenters. The van der Waals surface area contributed by atoms with Crippen molar-refractivity contribution in [1.82, 2.24) is 0 Å². The van der Waals surface area contributed by atoms with Crippen LogP contribution in [-0.4, -0.2) is 0 Å². The number of rotatable bonds is 12. The molecule has 0 saturated heterocycles. The zero-order valence-electron chi connectivity index (χ0n) is 22.7. The van der Waals surface area contributed by atoms with Crippen molar-refractivity contribution in [3.63, 3.8) is 0 Å². The Bertz CT molecular complexity index is 695. The van der Waals surface area contributed by atoms with Gasteiger partial charge in [-0.3, -0.25) is 0 Å². The highest BCUT2D eigenvalue weighted by atomic mass is 14.4. The lowest BCUT2D eigenvalue weighted by Gasteiger charge is -2.38. The van der Waals surface area contributed by atoms with Crippen molar-refractivity contribution in [2.75, 3.05) is 0 Å². The van der Waals surface area contributed by atoms with Crippen LogP contribution in [0.25, 0.3) is 0 Å². The zero-order chi connectivity index (χ0) is 23.2. The number of fused-ring (bicyclic) bond motifs is 1. The van der Waals surface area contributed by atoms with Gasteiger partial charge in [0.15, 0.2) is 0 Å². The fourth-order valence-corrected chi connectivity index (χ4v) is 6.06. The Morgan fingerprint density at radius 3 is 1.68 bits per heavy atom. The summed E-state index contributed by atoms with van der Waals surface area (Å²) in [6.45, 7) is 21.6. The zero-order valence-corrected chi connectivity index (χ0v) is 22.7. The fraction of sp³-hybridized carbons (Fsp3) is 0.806. The van der Waals surface area contributed by atoms with E-state index in [4.69, 9.17) is 0 Å². The summed E-state index contributed by atoms with van der Waals surface area (Å²) >= 11 is 0. The normalized spacial score (nSPS) is 20.7. The molecule has 0 aliphatic heterocycles. The highest BCUT2D eigenvalue weighted by Crippen LogP contribution is 2.43. The molecule has 1 aromatic rings. The van der Waals surface area contributed by atoms with Crippen molar-refractivity contribution in [1.29, 1.82) is 0 Å². The average molecular weight is 427 g/mol. The smallest absolute Gasteiger partial charge is 0.0219 e. The third-order valence-corrected chi connectivity index (χ3v) is 8.89. The lowest BCUT2D eigenvalue weighted by atomic mass is 9.67. The molecule has 0 radical (unpaired) electrons. The Hall–Kier alpha value is -0.780. The van der Waals surface area contributed by atoms with Crippen LogP contribution in [0.3, 0.4) is 0 Å². The van der Waals surface area contributed by atoms with Crippen molar-refractivity contribution in [2.45, 2.75) is 139 Å². The van der Waals surface area contributed by atoms with Crippen molar-refractivity contribution in [3.8, 4) is 0 Å². The fourth-order valence-electron chi connectivity index (χ4n) is 6.06. The van der Waals surface area contributed by atoms with E-state index in [9.17, 15) is 0 Å². The van der Waals surface area contributed by atoms with E-state index in [1.54, 1.807) is 22.3 Å². The van der Waals surface area contributed by atoms with Crippen LogP contribution in [0.4, 0.5) is 0 Å². The molecule has 0 N–H and O–H groups in total. The molecule has 0 heterocycles. The van der Waals surface area contributed by atoms with Crippen LogP contribution >= 0.6 is 0 Å². The average Bonchev–Trinajstić information content (AvgIpc) is 2.70. The molecule has 0 bridgehead atoms. The molecule has 0 saturated carbocycles. The summed E-state index contributed by atoms with van der Waals surface area (Å²) in [7, 11) is 0. The summed E-state index contributed by atoms with van der Waals surface area (Å²) in [6, 6.07) is 0. The molecule has 2 rings (SSSR count). The molecule has 0 heteroatoms. The van der Waals surface area contributed by atoms with Gasteiger partial charge in [0.25, 0.3) is 0 Å². The van der Waals surface area contributed by atoms with Crippen LogP contribution in [0, 0.1) is 50.9 Å². The molecule has 0 fully saturated rings. The lowest BCUT2D eigenvalue weighted by molar-refractivity contribution is 0.238. The topological polar surface area (TPSA) is 0 Å². The van der Waals surface area contributed by atoms with E-state index < -0.39 is 0 Å². The van der Waals surface area contributed by atoms with Crippen molar-refractivity contribution in [3.05, 3.63) is 33.4 Å². The highest BCUT2D eigenvalue weighted by molar-refractivity contribution is 5.51. The van der Waals surface area contributed by atoms with Crippen LogP contribution in [0.2, 0.25) is 0 Å². The van der Waals surface area contributed by atoms with Gasteiger partial charge in [0.2, 0.25) is 0 Å². The summed E-state index contributed by atoms with van der Waals surface area (Å²) in [5.41, 5.74) is 10.1. The van der Waals surface area contributed by atoms with Gasteiger partial charge in [-0.25, -0.2) is 0 Å². The first-order valence-electron chi connectivity index (χ1n) is 13.6. The summed E-state index contributed by atoms with van der Waals surface area (Å²) < 4.78 is 0. The standard InChI is InChI=1S/C31H54/c1-22(2)13-10-14-23(3)15-11-16-24(4)17-12-19-31(9)20-18-29-27(7)25(5)26(6)28(8)30(29)21-31/h22-24H,10-21H2,1-9H3. The number of hydrogen-bond donors (Lipinski definition) is 0. The summed E-state index contributed by atoms with van der Waals surface area (Å²) in [4.78, 5) is 0. The molecule has 0 amide bonds. The molecular weight excluding hydrogens is 372 g/mol. The maximum Gasteiger partial charge on any atom is -0.0219 e. The van der Waals surface area contributed by atoms with Gasteiger partial charge in [0.05, 0.1) is 0 Å². The van der Waals surface area contributed by atoms with Gasteiger partial charge in [-0.15, -0.1) is 0 Å². The molecule has 1 aliphatic carbocycles. The minimum atomic E-state index is 0.510. The summed E-state index contributed by atoms with van der Waals surface area (Å²) in [6.07, 6.45) is 16.8. The predicted octanol–water partition coefficient (Wildman–Crippen LogP) is 9.85. The Morgan fingerprint density at radius 1 is 0.645 bits per heavy atom. The highest BCUT2D eigenvalue weighted by Gasteiger charge is 2.32. The maximum absolute atomic E-state index is 2.57. The first-order chi connectivity index (χ1) is 14.5. The van der Waals surface area contributed by atoms with Gasteiger partial charge >= 0.3 is 0 Å². The molecule has 31 heavy (non-hydrogen) atoms. The van der Waals surface area contributed by atoms with Crippen molar-refractivity contribution < 1.29 is 0 Å². The van der Waals surface area contributed by atoms with E-state index in [1.165, 1.54) is 88.2 Å². The van der Waals surface area contributed by atoms with E-state index >= 15 is 0 Å². The lowest BCUT2D eigenvalue weighted by Crippen LogP contribution is -2.28. The van der Waals surface area contributed by atoms with Crippen LogP contribution in [0.5, 0.6) is 0 Å². The molecule has 0 spiro atoms. The molecule has 1 aliphatic rings. The molecular formula is C31H54. The van der Waals surface area contributed by atoms with Crippen LogP contribution in [0.15, 0.2) is 0 Å². The van der Waals surface area contributed by atoms with E-state index in [0.29, 0.717) is 5.41 Å². The third kappa shape index (κ3) is 7.64. The van der Waals surface area contributed by atoms with Gasteiger partial charge in [-0.2, -0.15) is 0 Å². The monoisotopic (exact) mass is 426 g/mol. The minimum absolute atomic E-state index is 0.510. The van der Waals surface area contributed by atoms with E-state index in [-0.39, 0.29) is 0 Å². The van der Waals surface area contributed by atoms with Crippen molar-refractivity contribution in [2.24, 2.45) is 23.2 Å². The Kier molecular flexibility index (Phi) is 10.2. The Labute approximate surface area is 196 Å². The minimum Gasteiger partial charge on any atom is -0.0628 e. The van der Waals surface area contributed by atoms with Gasteiger partial charge in [-0.1, -0.05) is 86.0 Å².